The lowest BCUT2D eigenvalue weighted by Crippen LogP contribution is -2.33. The van der Waals surface area contributed by atoms with E-state index < -0.39 is 0 Å². The number of benzene rings is 1. The largest absolute Gasteiger partial charge is 0.330 e. The van der Waals surface area contributed by atoms with Crippen LogP contribution in [0, 0.1) is 12.7 Å². The summed E-state index contributed by atoms with van der Waals surface area (Å²) in [4.78, 5) is 0. The van der Waals surface area contributed by atoms with Gasteiger partial charge in [0, 0.05) is 16.4 Å². The molecule has 0 unspecified atom stereocenters. The van der Waals surface area contributed by atoms with E-state index in [1.165, 1.54) is 0 Å². The SMILES string of the molecule is Cc1cc(F)c(C2(CN)CCCC2)cc1Br. The molecule has 0 saturated heterocycles. The zero-order chi connectivity index (χ0) is 11.8. The van der Waals surface area contributed by atoms with Crippen LogP contribution in [0.15, 0.2) is 16.6 Å². The van der Waals surface area contributed by atoms with Crippen LogP contribution in [0.1, 0.15) is 36.8 Å². The number of halogens is 2. The Morgan fingerprint density at radius 3 is 2.56 bits per heavy atom. The summed E-state index contributed by atoms with van der Waals surface area (Å²) >= 11 is 3.47. The Labute approximate surface area is 104 Å². The standard InChI is InChI=1S/C13H17BrFN/c1-9-6-12(15)10(7-11(9)14)13(8-16)4-2-3-5-13/h6-7H,2-5,8,16H2,1H3. The monoisotopic (exact) mass is 285 g/mol. The Kier molecular flexibility index (Phi) is 3.36. The smallest absolute Gasteiger partial charge is 0.127 e. The highest BCUT2D eigenvalue weighted by molar-refractivity contribution is 9.10. The molecule has 1 aliphatic carbocycles. The molecule has 0 radical (unpaired) electrons. The van der Waals surface area contributed by atoms with Crippen LogP contribution in [0.4, 0.5) is 4.39 Å². The fourth-order valence-electron chi connectivity index (χ4n) is 2.69. The van der Waals surface area contributed by atoms with Gasteiger partial charge in [0.25, 0.3) is 0 Å². The molecule has 0 atom stereocenters. The van der Waals surface area contributed by atoms with Crippen molar-refractivity contribution in [2.75, 3.05) is 6.54 Å². The van der Waals surface area contributed by atoms with E-state index in [4.69, 9.17) is 5.73 Å². The quantitative estimate of drug-likeness (QED) is 0.882. The van der Waals surface area contributed by atoms with Gasteiger partial charge in [-0.2, -0.15) is 0 Å². The lowest BCUT2D eigenvalue weighted by molar-refractivity contribution is 0.426. The number of aryl methyl sites for hydroxylation is 1. The average Bonchev–Trinajstić information content (AvgIpc) is 2.73. The van der Waals surface area contributed by atoms with Crippen LogP contribution in [0.5, 0.6) is 0 Å². The normalized spacial score (nSPS) is 19.0. The van der Waals surface area contributed by atoms with Gasteiger partial charge in [0.15, 0.2) is 0 Å². The molecule has 1 aromatic rings. The first kappa shape index (κ1) is 12.1. The molecule has 0 aromatic heterocycles. The van der Waals surface area contributed by atoms with E-state index in [1.807, 2.05) is 13.0 Å². The van der Waals surface area contributed by atoms with Gasteiger partial charge >= 0.3 is 0 Å². The highest BCUT2D eigenvalue weighted by Crippen LogP contribution is 2.42. The molecule has 1 aliphatic rings. The maximum atomic E-state index is 14.0. The van der Waals surface area contributed by atoms with Gasteiger partial charge in [0.05, 0.1) is 0 Å². The van der Waals surface area contributed by atoms with Gasteiger partial charge in [-0.1, -0.05) is 28.8 Å². The first-order valence-corrected chi connectivity index (χ1v) is 6.54. The molecule has 3 heteroatoms. The predicted molar refractivity (Wildman–Crippen MR) is 68.0 cm³/mol. The minimum absolute atomic E-state index is 0.104. The van der Waals surface area contributed by atoms with Gasteiger partial charge in [-0.3, -0.25) is 0 Å². The second kappa shape index (κ2) is 4.46. The zero-order valence-electron chi connectivity index (χ0n) is 9.52. The summed E-state index contributed by atoms with van der Waals surface area (Å²) in [6, 6.07) is 3.53. The molecule has 0 spiro atoms. The molecule has 1 saturated carbocycles. The van der Waals surface area contributed by atoms with Gasteiger partial charge in [-0.05, 0) is 43.0 Å². The fourth-order valence-corrected chi connectivity index (χ4v) is 3.03. The average molecular weight is 286 g/mol. The summed E-state index contributed by atoms with van der Waals surface area (Å²) in [5.74, 6) is -0.104. The summed E-state index contributed by atoms with van der Waals surface area (Å²) in [5, 5.41) is 0. The lowest BCUT2D eigenvalue weighted by atomic mass is 9.78. The third-order valence-corrected chi connectivity index (χ3v) is 4.63. The van der Waals surface area contributed by atoms with Gasteiger partial charge in [0.2, 0.25) is 0 Å². The number of nitrogens with two attached hydrogens (primary N) is 1. The summed E-state index contributed by atoms with van der Waals surface area (Å²) in [6.45, 7) is 2.44. The Morgan fingerprint density at radius 2 is 2.00 bits per heavy atom. The molecule has 2 N–H and O–H groups in total. The Balaban J connectivity index is 2.50. The minimum atomic E-state index is -0.125. The van der Waals surface area contributed by atoms with E-state index >= 15 is 0 Å². The number of rotatable bonds is 2. The fraction of sp³-hybridized carbons (Fsp3) is 0.538. The molecule has 0 bridgehead atoms. The Hall–Kier alpha value is -0.410. The third kappa shape index (κ3) is 1.91. The van der Waals surface area contributed by atoms with Crippen molar-refractivity contribution in [3.05, 3.63) is 33.5 Å². The zero-order valence-corrected chi connectivity index (χ0v) is 11.1. The number of hydrogen-bond acceptors (Lipinski definition) is 1. The molecule has 16 heavy (non-hydrogen) atoms. The van der Waals surface area contributed by atoms with Crippen molar-refractivity contribution >= 4 is 15.9 Å². The van der Waals surface area contributed by atoms with Crippen LogP contribution in [0.2, 0.25) is 0 Å². The Morgan fingerprint density at radius 1 is 1.38 bits per heavy atom. The maximum absolute atomic E-state index is 14.0. The van der Waals surface area contributed by atoms with Crippen LogP contribution in [-0.2, 0) is 5.41 Å². The van der Waals surface area contributed by atoms with E-state index in [1.54, 1.807) is 6.07 Å². The van der Waals surface area contributed by atoms with Crippen molar-refractivity contribution in [3.8, 4) is 0 Å². The molecule has 1 fully saturated rings. The van der Waals surface area contributed by atoms with Crippen molar-refractivity contribution in [3.63, 3.8) is 0 Å². The van der Waals surface area contributed by atoms with E-state index in [0.717, 1.165) is 41.3 Å². The van der Waals surface area contributed by atoms with Gasteiger partial charge in [-0.15, -0.1) is 0 Å². The molecule has 1 aromatic carbocycles. The van der Waals surface area contributed by atoms with Crippen molar-refractivity contribution in [2.24, 2.45) is 5.73 Å². The molecule has 2 rings (SSSR count). The summed E-state index contributed by atoms with van der Waals surface area (Å²) in [7, 11) is 0. The summed E-state index contributed by atoms with van der Waals surface area (Å²) in [5.41, 5.74) is 7.48. The molecule has 88 valence electrons. The molecule has 0 aliphatic heterocycles. The predicted octanol–water partition coefficient (Wildman–Crippen LogP) is 3.67. The van der Waals surface area contributed by atoms with E-state index in [2.05, 4.69) is 15.9 Å². The first-order valence-electron chi connectivity index (χ1n) is 5.75. The topological polar surface area (TPSA) is 26.0 Å². The molecular weight excluding hydrogens is 269 g/mol. The van der Waals surface area contributed by atoms with Crippen molar-refractivity contribution in [1.82, 2.24) is 0 Å². The lowest BCUT2D eigenvalue weighted by Gasteiger charge is -2.28. The first-order chi connectivity index (χ1) is 7.59. The van der Waals surface area contributed by atoms with Crippen LogP contribution in [0.3, 0.4) is 0 Å². The van der Waals surface area contributed by atoms with Gasteiger partial charge in [-0.25, -0.2) is 4.39 Å². The maximum Gasteiger partial charge on any atom is 0.127 e. The number of hydrogen-bond donors (Lipinski definition) is 1. The van der Waals surface area contributed by atoms with Crippen LogP contribution >= 0.6 is 15.9 Å². The molecule has 0 amide bonds. The molecule has 1 nitrogen and oxygen atoms in total. The highest BCUT2D eigenvalue weighted by Gasteiger charge is 2.36. The van der Waals surface area contributed by atoms with Crippen LogP contribution in [0.25, 0.3) is 0 Å². The van der Waals surface area contributed by atoms with Gasteiger partial charge in [0.1, 0.15) is 5.82 Å². The van der Waals surface area contributed by atoms with Crippen molar-refractivity contribution < 1.29 is 4.39 Å². The summed E-state index contributed by atoms with van der Waals surface area (Å²) < 4.78 is 15.0. The van der Waals surface area contributed by atoms with E-state index in [-0.39, 0.29) is 11.2 Å². The second-order valence-corrected chi connectivity index (χ2v) is 5.63. The van der Waals surface area contributed by atoms with Crippen LogP contribution in [-0.4, -0.2) is 6.54 Å². The highest BCUT2D eigenvalue weighted by atomic mass is 79.9. The van der Waals surface area contributed by atoms with Gasteiger partial charge < -0.3 is 5.73 Å². The molecular formula is C13H17BrFN. The minimum Gasteiger partial charge on any atom is -0.330 e. The Bertz CT molecular complexity index is 397. The third-order valence-electron chi connectivity index (χ3n) is 3.77. The van der Waals surface area contributed by atoms with Crippen molar-refractivity contribution in [2.45, 2.75) is 38.0 Å². The molecule has 0 heterocycles. The van der Waals surface area contributed by atoms with E-state index in [0.29, 0.717) is 6.54 Å². The van der Waals surface area contributed by atoms with Crippen LogP contribution < -0.4 is 5.73 Å². The van der Waals surface area contributed by atoms with E-state index in [9.17, 15) is 4.39 Å². The van der Waals surface area contributed by atoms with Crippen molar-refractivity contribution in [1.29, 1.82) is 0 Å². The second-order valence-electron chi connectivity index (χ2n) is 4.77. The summed E-state index contributed by atoms with van der Waals surface area (Å²) in [6.07, 6.45) is 4.33.